The topological polar surface area (TPSA) is 59.8 Å². The number of carbonyl (C=O) groups excluding carboxylic acids is 2. The van der Waals surface area contributed by atoms with E-state index in [9.17, 15) is 9.59 Å². The fourth-order valence-corrected chi connectivity index (χ4v) is 0.628. The highest BCUT2D eigenvalue weighted by Crippen LogP contribution is 1.92. The van der Waals surface area contributed by atoms with Gasteiger partial charge in [-0.3, -0.25) is 4.79 Å². The first-order chi connectivity index (χ1) is 6.02. The van der Waals surface area contributed by atoms with Crippen molar-refractivity contribution in [2.45, 2.75) is 25.9 Å². The molecule has 5 heteroatoms. The van der Waals surface area contributed by atoms with E-state index in [0.29, 0.717) is 0 Å². The maximum atomic E-state index is 11.1. The lowest BCUT2D eigenvalue weighted by molar-refractivity contribution is -0.144. The van der Waals surface area contributed by atoms with Crippen LogP contribution in [-0.2, 0) is 14.3 Å². The standard InChI is InChI=1S/C8H12N2O3/c1-5(9-3)7(11)10-6(2)8(12)13-4/h5-6H,1-2,4H3,(H,10,11)/t5-,6-/m1/s1. The third-order valence-corrected chi connectivity index (χ3v) is 1.49. The van der Waals surface area contributed by atoms with Gasteiger partial charge in [0, 0.05) is 6.92 Å². The number of carbonyl (C=O) groups is 2. The molecule has 2 atom stereocenters. The van der Waals surface area contributed by atoms with E-state index in [1.165, 1.54) is 21.0 Å². The van der Waals surface area contributed by atoms with E-state index in [-0.39, 0.29) is 0 Å². The van der Waals surface area contributed by atoms with Gasteiger partial charge in [-0.25, -0.2) is 11.4 Å². The van der Waals surface area contributed by atoms with Crippen LogP contribution in [0.5, 0.6) is 0 Å². The highest BCUT2D eigenvalue weighted by molar-refractivity contribution is 5.87. The summed E-state index contributed by atoms with van der Waals surface area (Å²) >= 11 is 0. The number of rotatable bonds is 3. The molecule has 72 valence electrons. The Hall–Kier alpha value is -1.57. The first-order valence-electron chi connectivity index (χ1n) is 3.77. The van der Waals surface area contributed by atoms with Crippen LogP contribution in [0.2, 0.25) is 0 Å². The summed E-state index contributed by atoms with van der Waals surface area (Å²) in [5.74, 6) is -0.988. The predicted molar refractivity (Wildman–Crippen MR) is 45.7 cm³/mol. The van der Waals surface area contributed by atoms with E-state index in [1.54, 1.807) is 0 Å². The third-order valence-electron chi connectivity index (χ3n) is 1.49. The molecule has 0 aromatic rings. The van der Waals surface area contributed by atoms with Crippen molar-refractivity contribution in [2.24, 2.45) is 0 Å². The lowest BCUT2D eigenvalue weighted by Crippen LogP contribution is -2.42. The van der Waals surface area contributed by atoms with Crippen molar-refractivity contribution in [2.75, 3.05) is 7.11 Å². The minimum Gasteiger partial charge on any atom is -0.467 e. The van der Waals surface area contributed by atoms with Gasteiger partial charge in [-0.2, -0.15) is 0 Å². The molecule has 0 radical (unpaired) electrons. The largest absolute Gasteiger partial charge is 0.467 e. The van der Waals surface area contributed by atoms with Crippen LogP contribution in [0.25, 0.3) is 4.85 Å². The Labute approximate surface area is 76.9 Å². The lowest BCUT2D eigenvalue weighted by atomic mass is 10.3. The van der Waals surface area contributed by atoms with Crippen LogP contribution in [0.1, 0.15) is 13.8 Å². The van der Waals surface area contributed by atoms with Crippen LogP contribution in [0.4, 0.5) is 0 Å². The third kappa shape index (κ3) is 3.56. The van der Waals surface area contributed by atoms with Gasteiger partial charge in [0.05, 0.1) is 7.11 Å². The van der Waals surface area contributed by atoms with Gasteiger partial charge in [-0.15, -0.1) is 0 Å². The number of hydrogen-bond donors (Lipinski definition) is 1. The lowest BCUT2D eigenvalue weighted by Gasteiger charge is -2.10. The number of methoxy groups -OCH3 is 1. The number of hydrogen-bond acceptors (Lipinski definition) is 3. The monoisotopic (exact) mass is 184 g/mol. The molecule has 0 saturated heterocycles. The molecule has 0 aliphatic carbocycles. The Morgan fingerprint density at radius 3 is 2.38 bits per heavy atom. The Morgan fingerprint density at radius 2 is 2.00 bits per heavy atom. The van der Waals surface area contributed by atoms with E-state index in [0.717, 1.165) is 0 Å². The van der Waals surface area contributed by atoms with Gasteiger partial charge in [0.2, 0.25) is 0 Å². The van der Waals surface area contributed by atoms with Gasteiger partial charge >= 0.3 is 11.9 Å². The molecule has 13 heavy (non-hydrogen) atoms. The summed E-state index contributed by atoms with van der Waals surface area (Å²) in [5.41, 5.74) is 0. The summed E-state index contributed by atoms with van der Waals surface area (Å²) in [6.07, 6.45) is 0. The first kappa shape index (κ1) is 11.4. The molecule has 0 unspecified atom stereocenters. The molecule has 1 N–H and O–H groups in total. The van der Waals surface area contributed by atoms with Crippen LogP contribution in [0.15, 0.2) is 0 Å². The van der Waals surface area contributed by atoms with Crippen LogP contribution >= 0.6 is 0 Å². The second-order valence-corrected chi connectivity index (χ2v) is 2.56. The summed E-state index contributed by atoms with van der Waals surface area (Å²) < 4.78 is 4.40. The normalized spacial score (nSPS) is 13.7. The maximum Gasteiger partial charge on any atom is 0.328 e. The number of nitrogens with zero attached hydrogens (tertiary/aromatic N) is 1. The van der Waals surface area contributed by atoms with E-state index in [4.69, 9.17) is 6.57 Å². The highest BCUT2D eigenvalue weighted by atomic mass is 16.5. The molecule has 0 rings (SSSR count). The van der Waals surface area contributed by atoms with Gasteiger partial charge < -0.3 is 14.9 Å². The molecule has 0 spiro atoms. The van der Waals surface area contributed by atoms with Crippen molar-refractivity contribution in [3.05, 3.63) is 11.4 Å². The molecule has 0 fully saturated rings. The summed E-state index contributed by atoms with van der Waals surface area (Å²) in [5, 5.41) is 2.35. The summed E-state index contributed by atoms with van der Waals surface area (Å²) in [6.45, 7) is 9.55. The van der Waals surface area contributed by atoms with Gasteiger partial charge in [0.1, 0.15) is 6.04 Å². The van der Waals surface area contributed by atoms with Gasteiger partial charge in [-0.1, -0.05) is 0 Å². The molecule has 0 heterocycles. The van der Waals surface area contributed by atoms with Crippen molar-refractivity contribution in [3.8, 4) is 0 Å². The second-order valence-electron chi connectivity index (χ2n) is 2.56. The zero-order chi connectivity index (χ0) is 10.4. The van der Waals surface area contributed by atoms with Crippen LogP contribution in [-0.4, -0.2) is 31.1 Å². The summed E-state index contributed by atoms with van der Waals surface area (Å²) in [6, 6.07) is -1.48. The molecular formula is C8H12N2O3. The van der Waals surface area contributed by atoms with Gasteiger partial charge in [0.15, 0.2) is 0 Å². The molecule has 0 saturated carbocycles. The summed E-state index contributed by atoms with van der Waals surface area (Å²) in [4.78, 5) is 24.9. The van der Waals surface area contributed by atoms with Crippen LogP contribution in [0, 0.1) is 6.57 Å². The number of nitrogens with one attached hydrogen (secondary N) is 1. The number of amides is 1. The van der Waals surface area contributed by atoms with E-state index in [2.05, 4.69) is 14.9 Å². The highest BCUT2D eigenvalue weighted by Gasteiger charge is 2.22. The van der Waals surface area contributed by atoms with E-state index in [1.807, 2.05) is 0 Å². The van der Waals surface area contributed by atoms with Crippen molar-refractivity contribution in [1.82, 2.24) is 5.32 Å². The average molecular weight is 184 g/mol. The van der Waals surface area contributed by atoms with Crippen molar-refractivity contribution < 1.29 is 14.3 Å². The molecule has 0 aliphatic heterocycles. The van der Waals surface area contributed by atoms with Crippen LogP contribution in [0.3, 0.4) is 0 Å². The zero-order valence-corrected chi connectivity index (χ0v) is 7.83. The van der Waals surface area contributed by atoms with E-state index < -0.39 is 24.0 Å². The SMILES string of the molecule is [C-]#[N+][C@H](C)C(=O)N[C@H](C)C(=O)OC. The summed E-state index contributed by atoms with van der Waals surface area (Å²) in [7, 11) is 1.24. The van der Waals surface area contributed by atoms with E-state index >= 15 is 0 Å². The Kier molecular flexibility index (Phi) is 4.52. The minimum absolute atomic E-state index is 0.465. The second kappa shape index (κ2) is 5.14. The smallest absolute Gasteiger partial charge is 0.328 e. The molecule has 0 bridgehead atoms. The first-order valence-corrected chi connectivity index (χ1v) is 3.77. The molecule has 5 nitrogen and oxygen atoms in total. The zero-order valence-electron chi connectivity index (χ0n) is 7.83. The minimum atomic E-state index is -0.771. The molecule has 0 aliphatic rings. The Morgan fingerprint density at radius 1 is 1.46 bits per heavy atom. The number of esters is 1. The Balaban J connectivity index is 4.08. The van der Waals surface area contributed by atoms with Crippen molar-refractivity contribution >= 4 is 11.9 Å². The van der Waals surface area contributed by atoms with Gasteiger partial charge in [-0.05, 0) is 6.92 Å². The number of ether oxygens (including phenoxy) is 1. The molecular weight excluding hydrogens is 172 g/mol. The quantitative estimate of drug-likeness (QED) is 0.495. The average Bonchev–Trinajstić information content (AvgIpc) is 2.14. The fourth-order valence-electron chi connectivity index (χ4n) is 0.628. The molecule has 0 aromatic heterocycles. The Bertz CT molecular complexity index is 244. The molecule has 0 aromatic carbocycles. The van der Waals surface area contributed by atoms with Gasteiger partial charge in [0.25, 0.3) is 6.04 Å². The fraction of sp³-hybridized carbons (Fsp3) is 0.625. The van der Waals surface area contributed by atoms with Crippen LogP contribution < -0.4 is 5.32 Å². The maximum absolute atomic E-state index is 11.1. The predicted octanol–water partition coefficient (Wildman–Crippen LogP) is -0.0281. The van der Waals surface area contributed by atoms with Crippen molar-refractivity contribution in [3.63, 3.8) is 0 Å². The molecule has 1 amide bonds. The van der Waals surface area contributed by atoms with Crippen molar-refractivity contribution in [1.29, 1.82) is 0 Å².